The normalized spacial score (nSPS) is 21.7. The number of amides is 1. The Morgan fingerprint density at radius 3 is 2.65 bits per heavy atom. The Labute approximate surface area is 126 Å². The molecule has 1 unspecified atom stereocenters. The number of benzene rings is 1. The van der Waals surface area contributed by atoms with Crippen LogP contribution in [0.2, 0.25) is 0 Å². The minimum atomic E-state index is -0.0190. The van der Waals surface area contributed by atoms with Crippen molar-refractivity contribution in [2.24, 2.45) is 5.41 Å². The molecule has 1 aliphatic heterocycles. The second-order valence-corrected chi connectivity index (χ2v) is 5.50. The molecule has 2 N–H and O–H groups in total. The molecular weight excluding hydrogens is 276 g/mol. The number of carbonyl (C=O) groups excluding carboxylic acids is 1. The van der Waals surface area contributed by atoms with Gasteiger partial charge in [-0.25, -0.2) is 0 Å². The van der Waals surface area contributed by atoms with Crippen LogP contribution in [0, 0.1) is 5.41 Å². The maximum Gasteiger partial charge on any atom is 0.251 e. The van der Waals surface area contributed by atoms with Gasteiger partial charge >= 0.3 is 0 Å². The summed E-state index contributed by atoms with van der Waals surface area (Å²) in [7, 11) is 1.62. The molecule has 1 aliphatic rings. The maximum atomic E-state index is 12.1. The Balaban J connectivity index is 0.00000200. The van der Waals surface area contributed by atoms with E-state index in [4.69, 9.17) is 4.74 Å². The summed E-state index contributed by atoms with van der Waals surface area (Å²) < 4.78 is 5.08. The minimum absolute atomic E-state index is 0. The van der Waals surface area contributed by atoms with E-state index in [1.807, 2.05) is 0 Å². The quantitative estimate of drug-likeness (QED) is 0.896. The number of ether oxygens (including phenoxy) is 1. The molecule has 0 aromatic heterocycles. The smallest absolute Gasteiger partial charge is 0.251 e. The molecule has 0 spiro atoms. The first-order valence-electron chi connectivity index (χ1n) is 6.76. The van der Waals surface area contributed by atoms with Crippen LogP contribution >= 0.6 is 12.4 Å². The lowest BCUT2D eigenvalue weighted by atomic mass is 9.83. The fraction of sp³-hybridized carbons (Fsp3) is 0.533. The zero-order chi connectivity index (χ0) is 13.7. The van der Waals surface area contributed by atoms with E-state index in [0.717, 1.165) is 25.3 Å². The number of rotatable bonds is 4. The van der Waals surface area contributed by atoms with Crippen molar-refractivity contribution in [2.45, 2.75) is 19.8 Å². The number of hydrogen-bond acceptors (Lipinski definition) is 3. The predicted molar refractivity (Wildman–Crippen MR) is 82.8 cm³/mol. The van der Waals surface area contributed by atoms with Crippen LogP contribution in [0.25, 0.3) is 0 Å². The van der Waals surface area contributed by atoms with E-state index < -0.39 is 0 Å². The Kier molecular flexibility index (Phi) is 6.30. The first-order valence-corrected chi connectivity index (χ1v) is 6.76. The first kappa shape index (κ1) is 16.8. The maximum absolute atomic E-state index is 12.1. The van der Waals surface area contributed by atoms with Gasteiger partial charge < -0.3 is 15.4 Å². The van der Waals surface area contributed by atoms with Crippen molar-refractivity contribution in [3.63, 3.8) is 0 Å². The summed E-state index contributed by atoms with van der Waals surface area (Å²) in [5.74, 6) is 0.745. The Morgan fingerprint density at radius 1 is 1.40 bits per heavy atom. The van der Waals surface area contributed by atoms with E-state index in [-0.39, 0.29) is 23.7 Å². The van der Waals surface area contributed by atoms with Gasteiger partial charge in [0.1, 0.15) is 5.75 Å². The van der Waals surface area contributed by atoms with Crippen LogP contribution in [0.5, 0.6) is 5.75 Å². The largest absolute Gasteiger partial charge is 0.497 e. The molecule has 2 rings (SSSR count). The Morgan fingerprint density at radius 2 is 2.10 bits per heavy atom. The molecule has 1 aromatic rings. The summed E-state index contributed by atoms with van der Waals surface area (Å²) in [6.45, 7) is 4.98. The molecule has 1 aromatic carbocycles. The van der Waals surface area contributed by atoms with Gasteiger partial charge in [0.15, 0.2) is 0 Å². The molecule has 112 valence electrons. The highest BCUT2D eigenvalue weighted by Gasteiger charge is 2.27. The topological polar surface area (TPSA) is 50.4 Å². The molecule has 4 nitrogen and oxygen atoms in total. The van der Waals surface area contributed by atoms with Crippen LogP contribution in [-0.2, 0) is 0 Å². The van der Waals surface area contributed by atoms with Crippen molar-refractivity contribution < 1.29 is 9.53 Å². The van der Waals surface area contributed by atoms with Gasteiger partial charge in [0.2, 0.25) is 0 Å². The van der Waals surface area contributed by atoms with Crippen LogP contribution in [-0.4, -0.2) is 32.7 Å². The average Bonchev–Trinajstić information content (AvgIpc) is 2.46. The lowest BCUT2D eigenvalue weighted by Gasteiger charge is -2.34. The third kappa shape index (κ3) is 4.39. The average molecular weight is 299 g/mol. The van der Waals surface area contributed by atoms with Crippen LogP contribution in [0.3, 0.4) is 0 Å². The van der Waals surface area contributed by atoms with E-state index in [1.165, 1.54) is 6.42 Å². The fourth-order valence-corrected chi connectivity index (χ4v) is 2.41. The molecule has 0 aliphatic carbocycles. The third-order valence-electron chi connectivity index (χ3n) is 3.71. The van der Waals surface area contributed by atoms with Crippen LogP contribution < -0.4 is 15.4 Å². The van der Waals surface area contributed by atoms with Gasteiger partial charge in [-0.15, -0.1) is 12.4 Å². The second-order valence-electron chi connectivity index (χ2n) is 5.50. The molecule has 1 heterocycles. The summed E-state index contributed by atoms with van der Waals surface area (Å²) in [5.41, 5.74) is 0.841. The van der Waals surface area contributed by atoms with Crippen LogP contribution in [0.4, 0.5) is 0 Å². The van der Waals surface area contributed by atoms with Gasteiger partial charge in [-0.05, 0) is 49.1 Å². The Bertz CT molecular complexity index is 428. The number of halogens is 1. The highest BCUT2D eigenvalue weighted by atomic mass is 35.5. The predicted octanol–water partition coefficient (Wildman–Crippen LogP) is 2.24. The molecule has 1 saturated heterocycles. The lowest BCUT2D eigenvalue weighted by Crippen LogP contribution is -2.45. The van der Waals surface area contributed by atoms with Gasteiger partial charge in [0.25, 0.3) is 5.91 Å². The van der Waals surface area contributed by atoms with E-state index >= 15 is 0 Å². The van der Waals surface area contributed by atoms with Crippen molar-refractivity contribution in [1.29, 1.82) is 0 Å². The summed E-state index contributed by atoms with van der Waals surface area (Å²) in [6.07, 6.45) is 2.33. The van der Waals surface area contributed by atoms with Gasteiger partial charge in [-0.2, -0.15) is 0 Å². The first-order chi connectivity index (χ1) is 9.13. The number of piperidine rings is 1. The SMILES string of the molecule is COc1ccc(C(=O)NCC2(C)CCCNC2)cc1.Cl. The van der Waals surface area contributed by atoms with Gasteiger partial charge in [0.05, 0.1) is 7.11 Å². The highest BCUT2D eigenvalue weighted by Crippen LogP contribution is 2.24. The van der Waals surface area contributed by atoms with Gasteiger partial charge in [-0.3, -0.25) is 4.79 Å². The highest BCUT2D eigenvalue weighted by molar-refractivity contribution is 5.94. The van der Waals surface area contributed by atoms with E-state index in [0.29, 0.717) is 12.1 Å². The van der Waals surface area contributed by atoms with Crippen LogP contribution in [0.1, 0.15) is 30.1 Å². The van der Waals surface area contributed by atoms with Gasteiger partial charge in [-0.1, -0.05) is 6.92 Å². The van der Waals surface area contributed by atoms with E-state index in [9.17, 15) is 4.79 Å². The van der Waals surface area contributed by atoms with E-state index in [1.54, 1.807) is 31.4 Å². The Hall–Kier alpha value is -1.26. The zero-order valence-corrected chi connectivity index (χ0v) is 12.9. The summed E-state index contributed by atoms with van der Waals surface area (Å²) in [4.78, 5) is 12.1. The molecule has 0 radical (unpaired) electrons. The molecule has 0 saturated carbocycles. The van der Waals surface area contributed by atoms with Gasteiger partial charge in [0, 0.05) is 18.7 Å². The minimum Gasteiger partial charge on any atom is -0.497 e. The lowest BCUT2D eigenvalue weighted by molar-refractivity contribution is 0.0924. The van der Waals surface area contributed by atoms with Crippen LogP contribution in [0.15, 0.2) is 24.3 Å². The third-order valence-corrected chi connectivity index (χ3v) is 3.71. The van der Waals surface area contributed by atoms with Crippen molar-refractivity contribution in [2.75, 3.05) is 26.7 Å². The summed E-state index contributed by atoms with van der Waals surface area (Å²) in [5, 5.41) is 6.41. The van der Waals surface area contributed by atoms with Crippen molar-refractivity contribution >= 4 is 18.3 Å². The van der Waals surface area contributed by atoms with Crippen molar-refractivity contribution in [3.8, 4) is 5.75 Å². The van der Waals surface area contributed by atoms with E-state index in [2.05, 4.69) is 17.6 Å². The molecule has 5 heteroatoms. The number of carbonyl (C=O) groups is 1. The molecule has 1 fully saturated rings. The fourth-order valence-electron chi connectivity index (χ4n) is 2.41. The molecule has 1 amide bonds. The monoisotopic (exact) mass is 298 g/mol. The summed E-state index contributed by atoms with van der Waals surface area (Å²) >= 11 is 0. The standard InChI is InChI=1S/C15H22N2O2.ClH/c1-15(8-3-9-16-10-15)11-17-14(18)12-4-6-13(19-2)7-5-12;/h4-7,16H,3,8-11H2,1-2H3,(H,17,18);1H. The number of hydrogen-bond donors (Lipinski definition) is 2. The zero-order valence-electron chi connectivity index (χ0n) is 12.1. The molecule has 1 atom stereocenters. The summed E-state index contributed by atoms with van der Waals surface area (Å²) in [6, 6.07) is 7.18. The molecular formula is C15H23ClN2O2. The second kappa shape index (κ2) is 7.50. The van der Waals surface area contributed by atoms with Crippen molar-refractivity contribution in [3.05, 3.63) is 29.8 Å². The molecule has 0 bridgehead atoms. The number of methoxy groups -OCH3 is 1. The van der Waals surface area contributed by atoms with Crippen molar-refractivity contribution in [1.82, 2.24) is 10.6 Å². The number of nitrogens with one attached hydrogen (secondary N) is 2. The molecule has 20 heavy (non-hydrogen) atoms.